The topological polar surface area (TPSA) is 96.7 Å². The Labute approximate surface area is 136 Å². The minimum atomic E-state index is -3.76. The highest BCUT2D eigenvalue weighted by Crippen LogP contribution is 2.29. The van der Waals surface area contributed by atoms with Crippen LogP contribution in [-0.2, 0) is 19.8 Å². The average Bonchev–Trinajstić information content (AvgIpc) is 2.47. The van der Waals surface area contributed by atoms with E-state index in [1.165, 1.54) is 24.5 Å². The van der Waals surface area contributed by atoms with Crippen molar-refractivity contribution in [2.75, 3.05) is 12.8 Å². The highest BCUT2D eigenvalue weighted by atomic mass is 32.2. The van der Waals surface area contributed by atoms with Crippen molar-refractivity contribution in [3.05, 3.63) is 59.9 Å². The van der Waals surface area contributed by atoms with E-state index in [0.717, 1.165) is 11.8 Å². The van der Waals surface area contributed by atoms with Gasteiger partial charge in [-0.1, -0.05) is 23.8 Å². The van der Waals surface area contributed by atoms with Crippen molar-refractivity contribution in [3.8, 4) is 0 Å². The first-order valence-electron chi connectivity index (χ1n) is 6.81. The van der Waals surface area contributed by atoms with Gasteiger partial charge in [0.2, 0.25) is 0 Å². The van der Waals surface area contributed by atoms with Gasteiger partial charge < -0.3 is 4.55 Å². The molecule has 6 nitrogen and oxygen atoms in total. The van der Waals surface area contributed by atoms with E-state index in [1.54, 1.807) is 24.3 Å². The lowest BCUT2D eigenvalue weighted by atomic mass is 10.2. The van der Waals surface area contributed by atoms with E-state index in [0.29, 0.717) is 5.56 Å². The summed E-state index contributed by atoms with van der Waals surface area (Å²) in [5, 5.41) is -1.06. The van der Waals surface area contributed by atoms with Crippen molar-refractivity contribution in [2.45, 2.75) is 17.1 Å². The van der Waals surface area contributed by atoms with Crippen LogP contribution in [0.4, 0.5) is 0 Å². The van der Waals surface area contributed by atoms with Gasteiger partial charge in [0.05, 0.1) is 11.4 Å². The van der Waals surface area contributed by atoms with Gasteiger partial charge in [-0.3, -0.25) is 4.98 Å². The molecule has 2 rings (SSSR count). The summed E-state index contributed by atoms with van der Waals surface area (Å²) >= 11 is 0. The van der Waals surface area contributed by atoms with E-state index >= 15 is 0 Å². The fourth-order valence-electron chi connectivity index (χ4n) is 2.05. The maximum atomic E-state index is 12.9. The molecule has 0 aliphatic rings. The number of benzene rings is 1. The lowest BCUT2D eigenvalue weighted by molar-refractivity contribution is 0.554. The molecule has 0 saturated heterocycles. The fourth-order valence-corrected chi connectivity index (χ4v) is 4.18. The molecule has 1 aromatic heterocycles. The van der Waals surface area contributed by atoms with Gasteiger partial charge in [-0.25, -0.2) is 17.0 Å². The van der Waals surface area contributed by atoms with Crippen LogP contribution in [0.25, 0.3) is 0 Å². The van der Waals surface area contributed by atoms with Crippen LogP contribution < -0.4 is 0 Å². The molecule has 0 spiro atoms. The number of aromatic nitrogens is 1. The Balaban J connectivity index is 2.52. The molecule has 0 saturated carbocycles. The third-order valence-corrected chi connectivity index (χ3v) is 5.99. The molecule has 1 N–H and O–H groups in total. The maximum absolute atomic E-state index is 12.9. The predicted molar refractivity (Wildman–Crippen MR) is 89.3 cm³/mol. The molecule has 0 fully saturated rings. The van der Waals surface area contributed by atoms with E-state index in [4.69, 9.17) is 0 Å². The second-order valence-electron chi connectivity index (χ2n) is 5.21. The Bertz CT molecular complexity index is 877. The normalized spacial score (nSPS) is 15.6. The van der Waals surface area contributed by atoms with Crippen molar-refractivity contribution < 1.29 is 17.2 Å². The third kappa shape index (κ3) is 4.60. The quantitative estimate of drug-likeness (QED) is 0.890. The summed E-state index contributed by atoms with van der Waals surface area (Å²) in [5.41, 5.74) is 1.37. The molecule has 124 valence electrons. The van der Waals surface area contributed by atoms with Gasteiger partial charge in [-0.05, 0) is 30.7 Å². The summed E-state index contributed by atoms with van der Waals surface area (Å²) < 4.78 is 50.2. The molecule has 0 aliphatic heterocycles. The van der Waals surface area contributed by atoms with Crippen molar-refractivity contribution >= 4 is 19.8 Å². The zero-order valence-electron chi connectivity index (χ0n) is 12.8. The van der Waals surface area contributed by atoms with Gasteiger partial charge in [-0.2, -0.15) is 0 Å². The number of pyridine rings is 1. The Hall–Kier alpha value is -1.77. The molecule has 2 aromatic rings. The molecule has 1 aromatic carbocycles. The van der Waals surface area contributed by atoms with Gasteiger partial charge >= 0.3 is 0 Å². The monoisotopic (exact) mass is 354 g/mol. The molecule has 8 heteroatoms. The van der Waals surface area contributed by atoms with Crippen LogP contribution in [0.5, 0.6) is 0 Å². The number of rotatable bonds is 5. The zero-order chi connectivity index (χ0) is 17.1. The van der Waals surface area contributed by atoms with Gasteiger partial charge in [0.15, 0.2) is 19.8 Å². The highest BCUT2D eigenvalue weighted by Gasteiger charge is 2.29. The lowest BCUT2D eigenvalue weighted by Crippen LogP contribution is -2.18. The average molecular weight is 354 g/mol. The highest BCUT2D eigenvalue weighted by molar-refractivity contribution is 7.91. The maximum Gasteiger partial charge on any atom is 0.187 e. The molecule has 0 amide bonds. The first-order valence-corrected chi connectivity index (χ1v) is 10.2. The largest absolute Gasteiger partial charge is 0.301 e. The molecule has 0 radical (unpaired) electrons. The first kappa shape index (κ1) is 17.6. The summed E-state index contributed by atoms with van der Waals surface area (Å²) in [6.07, 6.45) is 4.01. The van der Waals surface area contributed by atoms with E-state index in [-0.39, 0.29) is 11.4 Å². The van der Waals surface area contributed by atoms with Crippen LogP contribution in [0.2, 0.25) is 0 Å². The molecule has 1 heterocycles. The second-order valence-corrected chi connectivity index (χ2v) is 9.12. The lowest BCUT2D eigenvalue weighted by Gasteiger charge is -2.16. The van der Waals surface area contributed by atoms with Crippen LogP contribution in [0, 0.1) is 6.92 Å². The third-order valence-electron chi connectivity index (χ3n) is 3.26. The number of aryl methyl sites for hydroxylation is 1. The van der Waals surface area contributed by atoms with Gasteiger partial charge in [0.25, 0.3) is 0 Å². The molecular weight excluding hydrogens is 336 g/mol. The van der Waals surface area contributed by atoms with Crippen molar-refractivity contribution in [1.29, 1.82) is 0 Å². The van der Waals surface area contributed by atoms with E-state index < -0.39 is 25.1 Å². The number of hydrogen-bond donors (Lipinski definition) is 1. The second kappa shape index (κ2) is 6.77. The summed E-state index contributed by atoms with van der Waals surface area (Å²) in [6, 6.07) is 9.70. The Morgan fingerprint density at radius 3 is 2.35 bits per heavy atom. The number of nitrogens with zero attached hydrogens (tertiary/aromatic N) is 2. The van der Waals surface area contributed by atoms with Crippen molar-refractivity contribution in [1.82, 2.24) is 4.98 Å². The summed E-state index contributed by atoms with van der Waals surface area (Å²) in [6.45, 7) is 1.55. The van der Waals surface area contributed by atoms with Crippen LogP contribution in [0.1, 0.15) is 16.4 Å². The Kier molecular flexibility index (Phi) is 5.18. The Morgan fingerprint density at radius 1 is 1.17 bits per heavy atom. The SMILES string of the molecule is Cc1ccc(S(=O)(=O)[C@@H](CN=S(C)(=O)O)c2cccnc2)cc1. The van der Waals surface area contributed by atoms with Crippen LogP contribution in [-0.4, -0.2) is 35.0 Å². The van der Waals surface area contributed by atoms with Gasteiger partial charge in [-0.15, -0.1) is 0 Å². The van der Waals surface area contributed by atoms with Gasteiger partial charge in [0.1, 0.15) is 5.25 Å². The number of sulfone groups is 1. The van der Waals surface area contributed by atoms with Gasteiger partial charge in [0, 0.05) is 18.6 Å². The van der Waals surface area contributed by atoms with Crippen LogP contribution in [0.15, 0.2) is 58.1 Å². The molecule has 0 aliphatic carbocycles. The minimum Gasteiger partial charge on any atom is -0.301 e. The molecule has 1 unspecified atom stereocenters. The van der Waals surface area contributed by atoms with Crippen LogP contribution >= 0.6 is 0 Å². The van der Waals surface area contributed by atoms with Crippen molar-refractivity contribution in [3.63, 3.8) is 0 Å². The van der Waals surface area contributed by atoms with E-state index in [9.17, 15) is 17.2 Å². The smallest absolute Gasteiger partial charge is 0.187 e. The summed E-state index contributed by atoms with van der Waals surface area (Å²) in [7, 11) is -7.15. The fraction of sp³-hybridized carbons (Fsp3) is 0.267. The predicted octanol–water partition coefficient (Wildman–Crippen LogP) is 2.48. The summed E-state index contributed by atoms with van der Waals surface area (Å²) in [4.78, 5) is 4.08. The van der Waals surface area contributed by atoms with E-state index in [1.807, 2.05) is 6.92 Å². The zero-order valence-corrected chi connectivity index (χ0v) is 14.4. The minimum absolute atomic E-state index is 0.146. The number of hydrogen-bond acceptors (Lipinski definition) is 5. The summed E-state index contributed by atoms with van der Waals surface area (Å²) in [5.74, 6) is 0. The van der Waals surface area contributed by atoms with Crippen LogP contribution in [0.3, 0.4) is 0 Å². The Morgan fingerprint density at radius 2 is 1.83 bits per heavy atom. The van der Waals surface area contributed by atoms with E-state index in [2.05, 4.69) is 9.35 Å². The first-order chi connectivity index (χ1) is 10.7. The molecule has 23 heavy (non-hydrogen) atoms. The van der Waals surface area contributed by atoms with Crippen molar-refractivity contribution in [2.24, 2.45) is 4.36 Å². The molecule has 2 atom stereocenters. The molecule has 0 bridgehead atoms. The molecular formula is C15H18N2O4S2. The standard InChI is InChI=1S/C15H18N2O4S2/c1-12-5-7-14(8-6-12)23(20,21)15(11-17-22(2,18)19)13-4-3-9-16-10-13/h3-10,15H,11H2,1-2H3,(H,17,18,19)/t15-/m0/s1.